The minimum atomic E-state index is 1.06. The van der Waals surface area contributed by atoms with Gasteiger partial charge < -0.3 is 4.90 Å². The van der Waals surface area contributed by atoms with Crippen molar-refractivity contribution in [2.75, 3.05) is 24.2 Å². The van der Waals surface area contributed by atoms with Crippen LogP contribution in [0.25, 0.3) is 0 Å². The van der Waals surface area contributed by atoms with E-state index in [0.29, 0.717) is 0 Å². The lowest BCUT2D eigenvalue weighted by molar-refractivity contribution is 0.975. The van der Waals surface area contributed by atoms with Crippen LogP contribution < -0.4 is 4.90 Å². The van der Waals surface area contributed by atoms with E-state index >= 15 is 0 Å². The Kier molecular flexibility index (Phi) is 5.34. The fourth-order valence-corrected chi connectivity index (χ4v) is 2.88. The molecule has 0 amide bonds. The lowest BCUT2D eigenvalue weighted by Crippen LogP contribution is -2.20. The standard InChI is InChI=1S/C17H21NS/c1-3-15-9-11-16(12-10-15)18(2)13-14-19-17-7-5-4-6-8-17/h4-12H,3,13-14H2,1-2H3. The predicted molar refractivity (Wildman–Crippen MR) is 86.3 cm³/mol. The summed E-state index contributed by atoms with van der Waals surface area (Å²) in [4.78, 5) is 3.66. The molecule has 2 aromatic carbocycles. The summed E-state index contributed by atoms with van der Waals surface area (Å²) in [6, 6.07) is 19.4. The number of anilines is 1. The number of hydrogen-bond acceptors (Lipinski definition) is 2. The van der Waals surface area contributed by atoms with Gasteiger partial charge in [0.25, 0.3) is 0 Å². The van der Waals surface area contributed by atoms with Gasteiger partial charge in [-0.3, -0.25) is 0 Å². The maximum atomic E-state index is 2.31. The zero-order valence-electron chi connectivity index (χ0n) is 11.7. The molecule has 2 heteroatoms. The molecule has 0 fully saturated rings. The molecule has 0 bridgehead atoms. The molecule has 0 heterocycles. The summed E-state index contributed by atoms with van der Waals surface area (Å²) in [5.41, 5.74) is 2.70. The van der Waals surface area contributed by atoms with Crippen LogP contribution in [0.4, 0.5) is 5.69 Å². The molecule has 0 aromatic heterocycles. The molecule has 19 heavy (non-hydrogen) atoms. The van der Waals surface area contributed by atoms with Crippen LogP contribution in [0, 0.1) is 0 Å². The third kappa shape index (κ3) is 4.32. The van der Waals surface area contributed by atoms with Crippen molar-refractivity contribution >= 4 is 17.4 Å². The van der Waals surface area contributed by atoms with Crippen LogP contribution >= 0.6 is 11.8 Å². The van der Waals surface area contributed by atoms with Crippen LogP contribution in [0.5, 0.6) is 0 Å². The quantitative estimate of drug-likeness (QED) is 0.713. The number of nitrogens with zero attached hydrogens (tertiary/aromatic N) is 1. The molecule has 0 saturated heterocycles. The predicted octanol–water partition coefficient (Wildman–Crippen LogP) is 4.48. The summed E-state index contributed by atoms with van der Waals surface area (Å²) >= 11 is 1.91. The van der Waals surface area contributed by atoms with Gasteiger partial charge in [-0.05, 0) is 36.2 Å². The first kappa shape index (κ1) is 14.0. The minimum absolute atomic E-state index is 1.06. The molecule has 0 N–H and O–H groups in total. The molecule has 0 unspecified atom stereocenters. The van der Waals surface area contributed by atoms with E-state index < -0.39 is 0 Å². The van der Waals surface area contributed by atoms with Crippen molar-refractivity contribution in [2.45, 2.75) is 18.2 Å². The van der Waals surface area contributed by atoms with Crippen molar-refractivity contribution in [1.29, 1.82) is 0 Å². The third-order valence-electron chi connectivity index (χ3n) is 3.22. The van der Waals surface area contributed by atoms with E-state index in [4.69, 9.17) is 0 Å². The fraction of sp³-hybridized carbons (Fsp3) is 0.294. The zero-order valence-corrected chi connectivity index (χ0v) is 12.5. The lowest BCUT2D eigenvalue weighted by Gasteiger charge is -2.19. The number of thioether (sulfide) groups is 1. The second-order valence-corrected chi connectivity index (χ2v) is 5.77. The molecule has 2 aromatic rings. The van der Waals surface area contributed by atoms with Crippen molar-refractivity contribution in [3.05, 3.63) is 60.2 Å². The van der Waals surface area contributed by atoms with Crippen LogP contribution in [-0.2, 0) is 6.42 Å². The maximum absolute atomic E-state index is 2.31. The van der Waals surface area contributed by atoms with Gasteiger partial charge in [-0.25, -0.2) is 0 Å². The number of aryl methyl sites for hydroxylation is 1. The average molecular weight is 271 g/mol. The highest BCUT2D eigenvalue weighted by Gasteiger charge is 2.01. The highest BCUT2D eigenvalue weighted by molar-refractivity contribution is 7.99. The third-order valence-corrected chi connectivity index (χ3v) is 4.22. The van der Waals surface area contributed by atoms with Crippen LogP contribution in [0.1, 0.15) is 12.5 Å². The molecule has 2 rings (SSSR count). The van der Waals surface area contributed by atoms with Crippen LogP contribution in [0.15, 0.2) is 59.5 Å². The summed E-state index contributed by atoms with van der Waals surface area (Å²) < 4.78 is 0. The molecule has 0 atom stereocenters. The molecule has 0 aliphatic heterocycles. The van der Waals surface area contributed by atoms with E-state index in [1.807, 2.05) is 11.8 Å². The van der Waals surface area contributed by atoms with Gasteiger partial charge in [0.2, 0.25) is 0 Å². The van der Waals surface area contributed by atoms with Gasteiger partial charge in [0.15, 0.2) is 0 Å². The molecule has 0 saturated carbocycles. The Bertz CT molecular complexity index is 478. The summed E-state index contributed by atoms with van der Waals surface area (Å²) in [5.74, 6) is 1.11. The first-order valence-electron chi connectivity index (χ1n) is 6.77. The summed E-state index contributed by atoms with van der Waals surface area (Å²) in [5, 5.41) is 0. The van der Waals surface area contributed by atoms with Crippen molar-refractivity contribution in [3.63, 3.8) is 0 Å². The Labute approximate surface area is 120 Å². The second-order valence-electron chi connectivity index (χ2n) is 4.60. The SMILES string of the molecule is CCc1ccc(N(C)CCSc2ccccc2)cc1. The first-order chi connectivity index (χ1) is 9.29. The topological polar surface area (TPSA) is 3.24 Å². The molecule has 0 aliphatic rings. The van der Waals surface area contributed by atoms with Crippen LogP contribution in [0.2, 0.25) is 0 Å². The largest absolute Gasteiger partial charge is 0.374 e. The molecular formula is C17H21NS. The van der Waals surface area contributed by atoms with Crippen LogP contribution in [-0.4, -0.2) is 19.3 Å². The van der Waals surface area contributed by atoms with Crippen molar-refractivity contribution in [2.24, 2.45) is 0 Å². The van der Waals surface area contributed by atoms with E-state index in [1.165, 1.54) is 16.1 Å². The Morgan fingerprint density at radius 2 is 1.63 bits per heavy atom. The lowest BCUT2D eigenvalue weighted by atomic mass is 10.1. The fourth-order valence-electron chi connectivity index (χ4n) is 1.93. The first-order valence-corrected chi connectivity index (χ1v) is 7.76. The highest BCUT2D eigenvalue weighted by Crippen LogP contribution is 2.19. The summed E-state index contributed by atoms with van der Waals surface area (Å²) in [7, 11) is 2.16. The maximum Gasteiger partial charge on any atom is 0.0364 e. The average Bonchev–Trinajstić information content (AvgIpc) is 2.48. The normalized spacial score (nSPS) is 10.4. The molecule has 100 valence electrons. The van der Waals surface area contributed by atoms with E-state index in [2.05, 4.69) is 73.5 Å². The van der Waals surface area contributed by atoms with Gasteiger partial charge in [0.05, 0.1) is 0 Å². The van der Waals surface area contributed by atoms with E-state index in [-0.39, 0.29) is 0 Å². The van der Waals surface area contributed by atoms with Gasteiger partial charge in [0.1, 0.15) is 0 Å². The van der Waals surface area contributed by atoms with Gasteiger partial charge in [-0.1, -0.05) is 37.3 Å². The van der Waals surface area contributed by atoms with E-state index in [1.54, 1.807) is 0 Å². The Hall–Kier alpha value is -1.41. The Morgan fingerprint density at radius 3 is 2.26 bits per heavy atom. The van der Waals surface area contributed by atoms with Gasteiger partial charge in [0, 0.05) is 29.9 Å². The molecule has 0 aliphatic carbocycles. The monoisotopic (exact) mass is 271 g/mol. The molecule has 0 spiro atoms. The van der Waals surface area contributed by atoms with E-state index in [0.717, 1.165) is 18.7 Å². The Morgan fingerprint density at radius 1 is 0.947 bits per heavy atom. The second kappa shape index (κ2) is 7.25. The highest BCUT2D eigenvalue weighted by atomic mass is 32.2. The summed E-state index contributed by atoms with van der Waals surface area (Å²) in [6.07, 6.45) is 1.11. The minimum Gasteiger partial charge on any atom is -0.374 e. The number of benzene rings is 2. The molecule has 1 nitrogen and oxygen atoms in total. The van der Waals surface area contributed by atoms with Crippen molar-refractivity contribution < 1.29 is 0 Å². The smallest absolute Gasteiger partial charge is 0.0364 e. The van der Waals surface area contributed by atoms with Gasteiger partial charge >= 0.3 is 0 Å². The Balaban J connectivity index is 1.82. The zero-order chi connectivity index (χ0) is 13.5. The van der Waals surface area contributed by atoms with Gasteiger partial charge in [-0.2, -0.15) is 0 Å². The van der Waals surface area contributed by atoms with E-state index in [9.17, 15) is 0 Å². The van der Waals surface area contributed by atoms with Gasteiger partial charge in [-0.15, -0.1) is 11.8 Å². The molecule has 0 radical (unpaired) electrons. The number of hydrogen-bond donors (Lipinski definition) is 0. The summed E-state index contributed by atoms with van der Waals surface area (Å²) in [6.45, 7) is 3.25. The van der Waals surface area contributed by atoms with Crippen molar-refractivity contribution in [1.82, 2.24) is 0 Å². The van der Waals surface area contributed by atoms with Crippen LogP contribution in [0.3, 0.4) is 0 Å². The molecular weight excluding hydrogens is 250 g/mol. The van der Waals surface area contributed by atoms with Crippen molar-refractivity contribution in [3.8, 4) is 0 Å². The number of rotatable bonds is 6.